The van der Waals surface area contributed by atoms with E-state index in [4.69, 9.17) is 14.3 Å². The molecule has 0 radical (unpaired) electrons. The van der Waals surface area contributed by atoms with Crippen molar-refractivity contribution in [2.45, 2.75) is 32.2 Å². The number of ether oxygens (including phenoxy) is 2. The van der Waals surface area contributed by atoms with E-state index in [9.17, 15) is 14.0 Å². The zero-order chi connectivity index (χ0) is 20.5. The minimum absolute atomic E-state index is 0.137. The Kier molecular flexibility index (Phi) is 6.07. The Morgan fingerprint density at radius 2 is 2.04 bits per heavy atom. The molecule has 0 atom stereocenters. The number of rotatable bonds is 4. The number of halogens is 2. The van der Waals surface area contributed by atoms with Gasteiger partial charge in [-0.25, -0.2) is 9.18 Å². The lowest BCUT2D eigenvalue weighted by atomic mass is 9.85. The van der Waals surface area contributed by atoms with E-state index in [2.05, 4.69) is 21.2 Å². The average molecular weight is 457 g/mol. The van der Waals surface area contributed by atoms with E-state index in [1.807, 2.05) is 0 Å². The van der Waals surface area contributed by atoms with Crippen molar-refractivity contribution < 1.29 is 28.3 Å². The predicted octanol–water partition coefficient (Wildman–Crippen LogP) is 3.31. The van der Waals surface area contributed by atoms with Crippen LogP contribution < -0.4 is 5.32 Å². The molecule has 0 aromatic heterocycles. The molecule has 1 fully saturated rings. The zero-order valence-electron chi connectivity index (χ0n) is 15.9. The van der Waals surface area contributed by atoms with Gasteiger partial charge in [0.25, 0.3) is 5.91 Å². The summed E-state index contributed by atoms with van der Waals surface area (Å²) in [6.45, 7) is 4.45. The van der Waals surface area contributed by atoms with Crippen LogP contribution in [0.15, 0.2) is 22.4 Å². The Bertz CT molecular complexity index is 834. The van der Waals surface area contributed by atoms with Crippen LogP contribution in [0.2, 0.25) is 0 Å². The van der Waals surface area contributed by atoms with Crippen LogP contribution in [0.1, 0.15) is 30.9 Å². The first-order valence-corrected chi connectivity index (χ1v) is 9.77. The smallest absolute Gasteiger partial charge is 0.434 e. The van der Waals surface area contributed by atoms with E-state index < -0.39 is 23.4 Å². The van der Waals surface area contributed by atoms with Crippen molar-refractivity contribution >= 4 is 33.6 Å². The summed E-state index contributed by atoms with van der Waals surface area (Å²) in [4.78, 5) is 30.3. The van der Waals surface area contributed by atoms with Gasteiger partial charge < -0.3 is 19.6 Å². The van der Waals surface area contributed by atoms with Crippen molar-refractivity contribution in [1.82, 2.24) is 10.4 Å². The lowest BCUT2D eigenvalue weighted by Gasteiger charge is -2.38. The van der Waals surface area contributed by atoms with Gasteiger partial charge in [-0.05, 0) is 49.9 Å². The number of nitrogens with one attached hydrogen (secondary N) is 1. The second kappa shape index (κ2) is 8.18. The molecule has 2 aliphatic heterocycles. The van der Waals surface area contributed by atoms with E-state index in [-0.39, 0.29) is 17.9 Å². The van der Waals surface area contributed by atoms with Gasteiger partial charge >= 0.3 is 6.16 Å². The van der Waals surface area contributed by atoms with Crippen LogP contribution in [0, 0.1) is 12.7 Å². The molecule has 1 saturated heterocycles. The standard InChI is InChI=1S/C19H22BrFN2O5/c1-4-27-18(25)28-16-15(13-9-12(20)10-14(21)11(13)2)17(24)22-19(16)5-7-23(26-3)8-6-19/h9-10H,4-8H2,1-3H3,(H,22,24). The molecule has 0 aliphatic carbocycles. The highest BCUT2D eigenvalue weighted by molar-refractivity contribution is 9.10. The molecular formula is C19H22BrFN2O5. The van der Waals surface area contributed by atoms with Crippen molar-refractivity contribution in [2.75, 3.05) is 26.8 Å². The molecule has 1 aromatic carbocycles. The summed E-state index contributed by atoms with van der Waals surface area (Å²) in [5, 5.41) is 4.73. The molecule has 9 heteroatoms. The third-order valence-corrected chi connectivity index (χ3v) is 5.56. The van der Waals surface area contributed by atoms with E-state index in [0.29, 0.717) is 41.5 Å². The van der Waals surface area contributed by atoms with Crippen LogP contribution in [0.4, 0.5) is 9.18 Å². The van der Waals surface area contributed by atoms with Crippen LogP contribution in [-0.4, -0.2) is 49.5 Å². The summed E-state index contributed by atoms with van der Waals surface area (Å²) in [6, 6.07) is 2.97. The van der Waals surface area contributed by atoms with Crippen molar-refractivity contribution in [1.29, 1.82) is 0 Å². The highest BCUT2D eigenvalue weighted by Crippen LogP contribution is 2.42. The van der Waals surface area contributed by atoms with Gasteiger partial charge in [-0.15, -0.1) is 0 Å². The summed E-state index contributed by atoms with van der Waals surface area (Å²) in [7, 11) is 1.58. The molecule has 1 aromatic rings. The lowest BCUT2D eigenvalue weighted by Crippen LogP contribution is -2.53. The molecular weight excluding hydrogens is 435 g/mol. The van der Waals surface area contributed by atoms with Crippen LogP contribution in [0.3, 0.4) is 0 Å². The minimum atomic E-state index is -0.895. The van der Waals surface area contributed by atoms with Gasteiger partial charge in [-0.3, -0.25) is 4.79 Å². The fraction of sp³-hybridized carbons (Fsp3) is 0.474. The number of hydroxylamine groups is 2. The van der Waals surface area contributed by atoms with Crippen LogP contribution in [0.25, 0.3) is 5.57 Å². The van der Waals surface area contributed by atoms with E-state index >= 15 is 0 Å². The van der Waals surface area contributed by atoms with Gasteiger partial charge in [0.1, 0.15) is 11.4 Å². The monoisotopic (exact) mass is 456 g/mol. The molecule has 1 amide bonds. The molecule has 2 heterocycles. The Labute approximate surface area is 170 Å². The number of piperidine rings is 1. The zero-order valence-corrected chi connectivity index (χ0v) is 17.5. The molecule has 28 heavy (non-hydrogen) atoms. The quantitative estimate of drug-likeness (QED) is 0.700. The molecule has 0 bridgehead atoms. The van der Waals surface area contributed by atoms with Gasteiger partial charge in [0, 0.05) is 17.6 Å². The Balaban J connectivity index is 2.12. The number of carbonyl (C=O) groups is 2. The van der Waals surface area contributed by atoms with E-state index in [1.165, 1.54) is 6.07 Å². The number of amides is 1. The summed E-state index contributed by atoms with van der Waals surface area (Å²) >= 11 is 3.26. The first kappa shape index (κ1) is 20.8. The van der Waals surface area contributed by atoms with Crippen LogP contribution >= 0.6 is 15.9 Å². The fourth-order valence-corrected chi connectivity index (χ4v) is 4.04. The summed E-state index contributed by atoms with van der Waals surface area (Å²) in [5.74, 6) is -0.701. The van der Waals surface area contributed by atoms with Gasteiger partial charge in [-0.1, -0.05) is 15.9 Å². The molecule has 3 rings (SSSR count). The second-order valence-electron chi connectivity index (χ2n) is 6.70. The Morgan fingerprint density at radius 1 is 1.36 bits per heavy atom. The molecule has 2 aliphatic rings. The number of hydrogen-bond donors (Lipinski definition) is 1. The molecule has 1 N–H and O–H groups in total. The van der Waals surface area contributed by atoms with Crippen molar-refractivity contribution in [3.05, 3.63) is 39.3 Å². The van der Waals surface area contributed by atoms with Crippen LogP contribution in [-0.2, 0) is 19.1 Å². The Morgan fingerprint density at radius 3 is 2.64 bits per heavy atom. The Hall–Kier alpha value is -1.97. The maximum atomic E-state index is 14.3. The maximum Gasteiger partial charge on any atom is 0.513 e. The lowest BCUT2D eigenvalue weighted by molar-refractivity contribution is -0.152. The summed E-state index contributed by atoms with van der Waals surface area (Å²) in [5.41, 5.74) is -0.0598. The van der Waals surface area contributed by atoms with Crippen molar-refractivity contribution in [3.8, 4) is 0 Å². The van der Waals surface area contributed by atoms with Gasteiger partial charge in [0.05, 0.1) is 19.3 Å². The third kappa shape index (κ3) is 3.78. The van der Waals surface area contributed by atoms with Crippen molar-refractivity contribution in [3.63, 3.8) is 0 Å². The van der Waals surface area contributed by atoms with Gasteiger partial charge in [0.2, 0.25) is 0 Å². The molecule has 152 valence electrons. The van der Waals surface area contributed by atoms with E-state index in [1.54, 1.807) is 32.1 Å². The number of hydrogen-bond acceptors (Lipinski definition) is 6. The molecule has 1 spiro atoms. The topological polar surface area (TPSA) is 77.1 Å². The molecule has 0 unspecified atom stereocenters. The summed E-state index contributed by atoms with van der Waals surface area (Å²) in [6.07, 6.45) is 0.0499. The van der Waals surface area contributed by atoms with Gasteiger partial charge in [0.15, 0.2) is 5.76 Å². The SMILES string of the molecule is CCOC(=O)OC1=C(c2cc(Br)cc(F)c2C)C(=O)NC12CCN(OC)CC2. The average Bonchev–Trinajstić information content (AvgIpc) is 2.90. The molecule has 7 nitrogen and oxygen atoms in total. The minimum Gasteiger partial charge on any atom is -0.434 e. The predicted molar refractivity (Wildman–Crippen MR) is 103 cm³/mol. The number of nitrogens with zero attached hydrogens (tertiary/aromatic N) is 1. The third-order valence-electron chi connectivity index (χ3n) is 5.10. The first-order valence-electron chi connectivity index (χ1n) is 8.98. The normalized spacial score (nSPS) is 19.1. The summed E-state index contributed by atoms with van der Waals surface area (Å²) < 4.78 is 25.3. The highest BCUT2D eigenvalue weighted by Gasteiger charge is 2.50. The van der Waals surface area contributed by atoms with Crippen LogP contribution in [0.5, 0.6) is 0 Å². The maximum absolute atomic E-state index is 14.3. The highest BCUT2D eigenvalue weighted by atomic mass is 79.9. The largest absolute Gasteiger partial charge is 0.513 e. The fourth-order valence-electron chi connectivity index (χ4n) is 3.61. The van der Waals surface area contributed by atoms with E-state index in [0.717, 1.165) is 0 Å². The van der Waals surface area contributed by atoms with Crippen molar-refractivity contribution in [2.24, 2.45) is 0 Å². The first-order chi connectivity index (χ1) is 13.3. The number of benzene rings is 1. The number of carbonyl (C=O) groups excluding carboxylic acids is 2. The second-order valence-corrected chi connectivity index (χ2v) is 7.61. The molecule has 0 saturated carbocycles. The van der Waals surface area contributed by atoms with Gasteiger partial charge in [-0.2, -0.15) is 5.06 Å².